The van der Waals surface area contributed by atoms with Crippen LogP contribution in [0, 0.1) is 0 Å². The number of amides is 1. The van der Waals surface area contributed by atoms with Crippen LogP contribution in [0.25, 0.3) is 0 Å². The molecule has 2 aromatic carbocycles. The highest BCUT2D eigenvalue weighted by Crippen LogP contribution is 2.23. The second kappa shape index (κ2) is 10.8. The van der Waals surface area contributed by atoms with E-state index >= 15 is 0 Å². The first-order valence-electron chi connectivity index (χ1n) is 11.7. The van der Waals surface area contributed by atoms with Crippen molar-refractivity contribution in [2.24, 2.45) is 0 Å². The number of benzene rings is 2. The Kier molecular flexibility index (Phi) is 7.60. The van der Waals surface area contributed by atoms with E-state index in [2.05, 4.69) is 35.2 Å². The molecular weight excluding hydrogens is 388 g/mol. The number of rotatable bonds is 7. The van der Waals surface area contributed by atoms with Gasteiger partial charge in [-0.15, -0.1) is 0 Å². The first-order chi connectivity index (χ1) is 15.2. The van der Waals surface area contributed by atoms with Crippen LogP contribution in [0.2, 0.25) is 0 Å². The fourth-order valence-electron chi connectivity index (χ4n) is 4.67. The molecule has 0 aromatic heterocycles. The molecule has 0 radical (unpaired) electrons. The van der Waals surface area contributed by atoms with Crippen molar-refractivity contribution < 1.29 is 14.6 Å². The second-order valence-electron chi connectivity index (χ2n) is 8.75. The summed E-state index contributed by atoms with van der Waals surface area (Å²) in [4.78, 5) is 17.2. The quantitative estimate of drug-likeness (QED) is 0.738. The van der Waals surface area contributed by atoms with Crippen LogP contribution in [0.4, 0.5) is 0 Å². The molecule has 0 unspecified atom stereocenters. The van der Waals surface area contributed by atoms with Crippen molar-refractivity contribution in [3.05, 3.63) is 65.7 Å². The highest BCUT2D eigenvalue weighted by atomic mass is 16.5. The van der Waals surface area contributed by atoms with Gasteiger partial charge < -0.3 is 19.6 Å². The summed E-state index contributed by atoms with van der Waals surface area (Å²) in [5.74, 6) is 0.841. The minimum Gasteiger partial charge on any atom is -0.490 e. The number of likely N-dealkylation sites (tertiary alicyclic amines) is 2. The van der Waals surface area contributed by atoms with E-state index < -0.39 is 0 Å². The molecule has 4 rings (SSSR count). The molecule has 5 nitrogen and oxygen atoms in total. The number of ether oxygens (including phenoxy) is 1. The Morgan fingerprint density at radius 2 is 1.68 bits per heavy atom. The van der Waals surface area contributed by atoms with Crippen molar-refractivity contribution in [1.82, 2.24) is 9.80 Å². The third-order valence-electron chi connectivity index (χ3n) is 6.60. The summed E-state index contributed by atoms with van der Waals surface area (Å²) in [6.45, 7) is 3.98. The molecular formula is C26H34N2O3. The van der Waals surface area contributed by atoms with E-state index in [9.17, 15) is 9.90 Å². The van der Waals surface area contributed by atoms with Gasteiger partial charge in [-0.2, -0.15) is 0 Å². The predicted molar refractivity (Wildman–Crippen MR) is 122 cm³/mol. The maximum Gasteiger partial charge on any atom is 0.254 e. The molecule has 2 aliphatic heterocycles. The fraction of sp³-hybridized carbons (Fsp3) is 0.500. The third kappa shape index (κ3) is 5.86. The Hall–Kier alpha value is -2.37. The Morgan fingerprint density at radius 1 is 0.935 bits per heavy atom. The zero-order chi connectivity index (χ0) is 21.5. The molecule has 2 heterocycles. The number of aliphatic hydroxyl groups excluding tert-OH is 1. The van der Waals surface area contributed by atoms with Crippen LogP contribution in [-0.4, -0.2) is 65.7 Å². The summed E-state index contributed by atoms with van der Waals surface area (Å²) >= 11 is 0. The normalized spacial score (nSPS) is 20.5. The van der Waals surface area contributed by atoms with Gasteiger partial charge in [0.05, 0.1) is 12.6 Å². The molecule has 2 aliphatic rings. The molecule has 0 aliphatic carbocycles. The van der Waals surface area contributed by atoms with Gasteiger partial charge in [0.2, 0.25) is 0 Å². The molecule has 1 amide bonds. The fourth-order valence-corrected chi connectivity index (χ4v) is 4.67. The molecule has 166 valence electrons. The molecule has 1 N–H and O–H groups in total. The van der Waals surface area contributed by atoms with E-state index in [4.69, 9.17) is 4.74 Å². The van der Waals surface area contributed by atoms with Crippen LogP contribution >= 0.6 is 0 Å². The van der Waals surface area contributed by atoms with Gasteiger partial charge in [0, 0.05) is 31.7 Å². The van der Waals surface area contributed by atoms with Crippen LogP contribution < -0.4 is 4.74 Å². The average molecular weight is 423 g/mol. The van der Waals surface area contributed by atoms with Crippen LogP contribution in [0.3, 0.4) is 0 Å². The lowest BCUT2D eigenvalue weighted by Gasteiger charge is -2.34. The largest absolute Gasteiger partial charge is 0.490 e. The van der Waals surface area contributed by atoms with E-state index in [1.54, 1.807) is 0 Å². The molecule has 1 atom stereocenters. The standard InChI is InChI=1S/C26H34N2O3/c29-20-23-8-4-5-16-28(23)26(30)22-9-11-24(12-10-22)31-25-14-18-27(19-15-25)17-13-21-6-2-1-3-7-21/h1-3,6-7,9-12,23,25,29H,4-5,8,13-20H2/t23-/m1/s1. The van der Waals surface area contributed by atoms with Gasteiger partial charge in [-0.25, -0.2) is 0 Å². The van der Waals surface area contributed by atoms with E-state index in [-0.39, 0.29) is 24.7 Å². The number of hydrogen-bond donors (Lipinski definition) is 1. The topological polar surface area (TPSA) is 53.0 Å². The van der Waals surface area contributed by atoms with Gasteiger partial charge in [-0.3, -0.25) is 4.79 Å². The molecule has 5 heteroatoms. The molecule has 2 saturated heterocycles. The highest BCUT2D eigenvalue weighted by Gasteiger charge is 2.27. The smallest absolute Gasteiger partial charge is 0.254 e. The SMILES string of the molecule is O=C(c1ccc(OC2CCN(CCc3ccccc3)CC2)cc1)N1CCCC[C@@H]1CO. The lowest BCUT2D eigenvalue weighted by molar-refractivity contribution is 0.0503. The Labute approximate surface area is 185 Å². The Balaban J connectivity index is 1.24. The van der Waals surface area contributed by atoms with Crippen LogP contribution in [0.5, 0.6) is 5.75 Å². The Bertz CT molecular complexity index is 816. The zero-order valence-electron chi connectivity index (χ0n) is 18.3. The summed E-state index contributed by atoms with van der Waals surface area (Å²) in [6.07, 6.45) is 6.35. The molecule has 31 heavy (non-hydrogen) atoms. The van der Waals surface area contributed by atoms with Gasteiger partial charge in [-0.05, 0) is 68.4 Å². The van der Waals surface area contributed by atoms with Crippen molar-refractivity contribution >= 4 is 5.91 Å². The van der Waals surface area contributed by atoms with Crippen molar-refractivity contribution in [3.8, 4) is 5.75 Å². The number of hydrogen-bond acceptors (Lipinski definition) is 4. The molecule has 2 aromatic rings. The summed E-state index contributed by atoms with van der Waals surface area (Å²) < 4.78 is 6.20. The van der Waals surface area contributed by atoms with Crippen molar-refractivity contribution in [3.63, 3.8) is 0 Å². The van der Waals surface area contributed by atoms with Gasteiger partial charge in [0.1, 0.15) is 11.9 Å². The van der Waals surface area contributed by atoms with Crippen molar-refractivity contribution in [1.29, 1.82) is 0 Å². The van der Waals surface area contributed by atoms with E-state index in [1.807, 2.05) is 29.2 Å². The zero-order valence-corrected chi connectivity index (χ0v) is 18.3. The monoisotopic (exact) mass is 422 g/mol. The lowest BCUT2D eigenvalue weighted by atomic mass is 10.0. The van der Waals surface area contributed by atoms with Crippen molar-refractivity contribution in [2.75, 3.05) is 32.8 Å². The van der Waals surface area contributed by atoms with Gasteiger partial charge >= 0.3 is 0 Å². The lowest BCUT2D eigenvalue weighted by Crippen LogP contribution is -2.45. The third-order valence-corrected chi connectivity index (χ3v) is 6.60. The Morgan fingerprint density at radius 3 is 2.39 bits per heavy atom. The summed E-state index contributed by atoms with van der Waals surface area (Å²) in [5.41, 5.74) is 2.06. The maximum absolute atomic E-state index is 12.8. The molecule has 0 saturated carbocycles. The van der Waals surface area contributed by atoms with E-state index in [0.717, 1.165) is 70.5 Å². The van der Waals surface area contributed by atoms with E-state index in [0.29, 0.717) is 5.56 Å². The molecule has 0 spiro atoms. The molecule has 0 bridgehead atoms. The number of carbonyl (C=O) groups is 1. The molecule has 2 fully saturated rings. The minimum absolute atomic E-state index is 0.0111. The van der Waals surface area contributed by atoms with Crippen molar-refractivity contribution in [2.45, 2.75) is 50.7 Å². The number of piperidine rings is 2. The van der Waals surface area contributed by atoms with Gasteiger partial charge in [-0.1, -0.05) is 30.3 Å². The second-order valence-corrected chi connectivity index (χ2v) is 8.75. The average Bonchev–Trinajstić information content (AvgIpc) is 2.84. The minimum atomic E-state index is -0.0516. The number of nitrogens with zero attached hydrogens (tertiary/aromatic N) is 2. The summed E-state index contributed by atoms with van der Waals surface area (Å²) in [6, 6.07) is 18.1. The first kappa shape index (κ1) is 21.8. The van der Waals surface area contributed by atoms with Crippen LogP contribution in [0.1, 0.15) is 48.0 Å². The first-order valence-corrected chi connectivity index (χ1v) is 11.7. The van der Waals surface area contributed by atoms with Crippen LogP contribution in [0.15, 0.2) is 54.6 Å². The van der Waals surface area contributed by atoms with E-state index in [1.165, 1.54) is 5.56 Å². The number of aliphatic hydroxyl groups is 1. The summed E-state index contributed by atoms with van der Waals surface area (Å²) in [7, 11) is 0. The highest BCUT2D eigenvalue weighted by molar-refractivity contribution is 5.94. The van der Waals surface area contributed by atoms with Gasteiger partial charge in [0.25, 0.3) is 5.91 Å². The number of carbonyl (C=O) groups excluding carboxylic acids is 1. The van der Waals surface area contributed by atoms with Crippen LogP contribution in [-0.2, 0) is 6.42 Å². The van der Waals surface area contributed by atoms with Gasteiger partial charge in [0.15, 0.2) is 0 Å². The predicted octanol–water partition coefficient (Wildman–Crippen LogP) is 3.76. The maximum atomic E-state index is 12.8. The summed E-state index contributed by atoms with van der Waals surface area (Å²) in [5, 5.41) is 9.58.